The maximum Gasteiger partial charge on any atom is 0.290 e. The van der Waals surface area contributed by atoms with Gasteiger partial charge >= 0.3 is 0 Å². The molecule has 0 spiro atoms. The summed E-state index contributed by atoms with van der Waals surface area (Å²) >= 11 is 3.33. The zero-order valence-electron chi connectivity index (χ0n) is 13.0. The third kappa shape index (κ3) is 3.95. The lowest BCUT2D eigenvalue weighted by molar-refractivity contribution is -0.123. The van der Waals surface area contributed by atoms with Crippen LogP contribution in [0.3, 0.4) is 0 Å². The van der Waals surface area contributed by atoms with E-state index in [4.69, 9.17) is 4.42 Å². The van der Waals surface area contributed by atoms with Crippen LogP contribution in [0, 0.1) is 5.92 Å². The van der Waals surface area contributed by atoms with Gasteiger partial charge in [0.15, 0.2) is 0 Å². The predicted molar refractivity (Wildman–Crippen MR) is 89.1 cm³/mol. The molecule has 3 heterocycles. The third-order valence-corrected chi connectivity index (χ3v) is 5.18. The number of piperidine rings is 1. The first-order chi connectivity index (χ1) is 11.1. The Hall–Kier alpha value is -1.34. The van der Waals surface area contributed by atoms with Crippen molar-refractivity contribution < 1.29 is 14.0 Å². The van der Waals surface area contributed by atoms with Crippen molar-refractivity contribution in [2.45, 2.75) is 31.7 Å². The normalized spacial score (nSPS) is 24.7. The van der Waals surface area contributed by atoms with Crippen molar-refractivity contribution in [1.82, 2.24) is 15.5 Å². The Morgan fingerprint density at radius 3 is 2.96 bits per heavy atom. The second kappa shape index (κ2) is 7.49. The fraction of sp³-hybridized carbons (Fsp3) is 0.625. The Balaban J connectivity index is 1.51. The van der Waals surface area contributed by atoms with Crippen molar-refractivity contribution in [1.29, 1.82) is 0 Å². The van der Waals surface area contributed by atoms with Gasteiger partial charge in [-0.25, -0.2) is 0 Å². The number of likely N-dealkylation sites (tertiary alicyclic amines) is 1. The Bertz CT molecular complexity index is 569. The zero-order valence-corrected chi connectivity index (χ0v) is 14.6. The number of furan rings is 1. The summed E-state index contributed by atoms with van der Waals surface area (Å²) in [5.41, 5.74) is 0. The smallest absolute Gasteiger partial charge is 0.290 e. The topological polar surface area (TPSA) is 74.6 Å². The average Bonchev–Trinajstić information content (AvgIpc) is 3.23. The SMILES string of the molecule is O=C(NCC1CCCN(C(=O)c2occc2Br)C1)C1CCCN1. The van der Waals surface area contributed by atoms with Gasteiger partial charge in [-0.1, -0.05) is 0 Å². The molecule has 2 amide bonds. The Morgan fingerprint density at radius 1 is 1.39 bits per heavy atom. The lowest BCUT2D eigenvalue weighted by Gasteiger charge is -2.32. The Morgan fingerprint density at radius 2 is 2.26 bits per heavy atom. The van der Waals surface area contributed by atoms with Crippen LogP contribution < -0.4 is 10.6 Å². The van der Waals surface area contributed by atoms with Crippen LogP contribution in [0.5, 0.6) is 0 Å². The van der Waals surface area contributed by atoms with Crippen LogP contribution >= 0.6 is 15.9 Å². The summed E-state index contributed by atoms with van der Waals surface area (Å²) in [6.45, 7) is 2.94. The molecular formula is C16H22BrN3O3. The van der Waals surface area contributed by atoms with E-state index in [0.29, 0.717) is 29.2 Å². The van der Waals surface area contributed by atoms with Gasteiger partial charge in [-0.05, 0) is 60.1 Å². The maximum atomic E-state index is 12.5. The van der Waals surface area contributed by atoms with E-state index in [1.807, 2.05) is 4.90 Å². The van der Waals surface area contributed by atoms with Crippen molar-refractivity contribution in [3.05, 3.63) is 22.6 Å². The van der Waals surface area contributed by atoms with Crippen molar-refractivity contribution in [2.24, 2.45) is 5.92 Å². The number of rotatable bonds is 4. The first-order valence-corrected chi connectivity index (χ1v) is 8.98. The van der Waals surface area contributed by atoms with Crippen LogP contribution in [-0.4, -0.2) is 48.9 Å². The van der Waals surface area contributed by atoms with E-state index >= 15 is 0 Å². The monoisotopic (exact) mass is 383 g/mol. The van der Waals surface area contributed by atoms with Crippen molar-refractivity contribution in [3.8, 4) is 0 Å². The maximum absolute atomic E-state index is 12.5. The lowest BCUT2D eigenvalue weighted by Crippen LogP contribution is -2.46. The first kappa shape index (κ1) is 16.5. The van der Waals surface area contributed by atoms with E-state index < -0.39 is 0 Å². The predicted octanol–water partition coefficient (Wildman–Crippen LogP) is 1.76. The Kier molecular flexibility index (Phi) is 5.38. The molecule has 1 aromatic rings. The van der Waals surface area contributed by atoms with Crippen molar-refractivity contribution >= 4 is 27.7 Å². The van der Waals surface area contributed by atoms with Gasteiger partial charge in [-0.15, -0.1) is 0 Å². The molecule has 3 rings (SSSR count). The van der Waals surface area contributed by atoms with Gasteiger partial charge in [0.1, 0.15) is 0 Å². The summed E-state index contributed by atoms with van der Waals surface area (Å²) in [4.78, 5) is 26.4. The number of hydrogen-bond donors (Lipinski definition) is 2. The summed E-state index contributed by atoms with van der Waals surface area (Å²) in [5, 5.41) is 6.23. The summed E-state index contributed by atoms with van der Waals surface area (Å²) < 4.78 is 5.95. The number of nitrogens with one attached hydrogen (secondary N) is 2. The molecule has 0 aliphatic carbocycles. The molecule has 6 nitrogen and oxygen atoms in total. The quantitative estimate of drug-likeness (QED) is 0.830. The number of halogens is 1. The van der Waals surface area contributed by atoms with Crippen molar-refractivity contribution in [2.75, 3.05) is 26.2 Å². The van der Waals surface area contributed by atoms with Crippen LogP contribution in [0.4, 0.5) is 0 Å². The Labute approximate surface area is 144 Å². The molecule has 2 saturated heterocycles. The average molecular weight is 384 g/mol. The van der Waals surface area contributed by atoms with Crippen LogP contribution in [-0.2, 0) is 4.79 Å². The van der Waals surface area contributed by atoms with E-state index in [1.54, 1.807) is 6.07 Å². The molecule has 2 fully saturated rings. The highest BCUT2D eigenvalue weighted by molar-refractivity contribution is 9.10. The summed E-state index contributed by atoms with van der Waals surface area (Å²) in [6.07, 6.45) is 5.46. The van der Waals surface area contributed by atoms with Gasteiger partial charge in [0.25, 0.3) is 5.91 Å². The number of amides is 2. The van der Waals surface area contributed by atoms with E-state index in [0.717, 1.165) is 38.8 Å². The van der Waals surface area contributed by atoms with Gasteiger partial charge in [0.2, 0.25) is 11.7 Å². The molecule has 2 N–H and O–H groups in total. The molecule has 1 aromatic heterocycles. The molecule has 0 bridgehead atoms. The fourth-order valence-electron chi connectivity index (χ4n) is 3.28. The van der Waals surface area contributed by atoms with Gasteiger partial charge in [0.05, 0.1) is 16.8 Å². The van der Waals surface area contributed by atoms with Gasteiger partial charge in [-0.2, -0.15) is 0 Å². The molecule has 2 aliphatic heterocycles. The highest BCUT2D eigenvalue weighted by Crippen LogP contribution is 2.23. The summed E-state index contributed by atoms with van der Waals surface area (Å²) in [6, 6.07) is 1.68. The highest BCUT2D eigenvalue weighted by atomic mass is 79.9. The van der Waals surface area contributed by atoms with Crippen LogP contribution in [0.1, 0.15) is 36.2 Å². The molecule has 2 aliphatic rings. The lowest BCUT2D eigenvalue weighted by atomic mass is 9.97. The fourth-order valence-corrected chi connectivity index (χ4v) is 3.65. The molecule has 23 heavy (non-hydrogen) atoms. The molecule has 2 unspecified atom stereocenters. The molecule has 7 heteroatoms. The minimum Gasteiger partial charge on any atom is -0.458 e. The molecule has 126 valence electrons. The minimum absolute atomic E-state index is 0.0459. The molecule has 0 radical (unpaired) electrons. The summed E-state index contributed by atoms with van der Waals surface area (Å²) in [5.74, 6) is 0.645. The van der Waals surface area contributed by atoms with Crippen molar-refractivity contribution in [3.63, 3.8) is 0 Å². The van der Waals surface area contributed by atoms with Crippen LogP contribution in [0.15, 0.2) is 21.2 Å². The summed E-state index contributed by atoms with van der Waals surface area (Å²) in [7, 11) is 0. The molecule has 0 aromatic carbocycles. The van der Waals surface area contributed by atoms with Crippen LogP contribution in [0.2, 0.25) is 0 Å². The van der Waals surface area contributed by atoms with Gasteiger partial charge in [-0.3, -0.25) is 9.59 Å². The van der Waals surface area contributed by atoms with E-state index in [2.05, 4.69) is 26.6 Å². The first-order valence-electron chi connectivity index (χ1n) is 8.18. The largest absolute Gasteiger partial charge is 0.458 e. The number of nitrogens with zero attached hydrogens (tertiary/aromatic N) is 1. The van der Waals surface area contributed by atoms with E-state index in [9.17, 15) is 9.59 Å². The number of carbonyl (C=O) groups is 2. The standard InChI is InChI=1S/C16H22BrN3O3/c17-12-5-8-23-14(12)16(22)20-7-2-3-11(10-20)9-19-15(21)13-4-1-6-18-13/h5,8,11,13,18H,1-4,6-7,9-10H2,(H,19,21). The second-order valence-electron chi connectivity index (χ2n) is 6.25. The van der Waals surface area contributed by atoms with E-state index in [1.165, 1.54) is 6.26 Å². The van der Waals surface area contributed by atoms with Gasteiger partial charge < -0.3 is 20.0 Å². The minimum atomic E-state index is -0.0876. The number of carbonyl (C=O) groups excluding carboxylic acids is 2. The highest BCUT2D eigenvalue weighted by Gasteiger charge is 2.28. The number of hydrogen-bond acceptors (Lipinski definition) is 4. The molecule has 0 saturated carbocycles. The zero-order chi connectivity index (χ0) is 16.2. The second-order valence-corrected chi connectivity index (χ2v) is 7.11. The van der Waals surface area contributed by atoms with Crippen LogP contribution in [0.25, 0.3) is 0 Å². The third-order valence-electron chi connectivity index (χ3n) is 4.56. The van der Waals surface area contributed by atoms with E-state index in [-0.39, 0.29) is 17.9 Å². The van der Waals surface area contributed by atoms with Gasteiger partial charge in [0, 0.05) is 19.6 Å². The molecular weight excluding hydrogens is 362 g/mol. The molecule has 2 atom stereocenters.